The van der Waals surface area contributed by atoms with Crippen molar-refractivity contribution in [1.29, 1.82) is 0 Å². The number of hydrogen-bond acceptors (Lipinski definition) is 6. The van der Waals surface area contributed by atoms with E-state index in [2.05, 4.69) is 9.97 Å². The molecular weight excluding hydrogens is 855 g/mol. The maximum absolute atomic E-state index is 12.4. The van der Waals surface area contributed by atoms with Gasteiger partial charge in [0.15, 0.2) is 0 Å². The van der Waals surface area contributed by atoms with Crippen LogP contribution in [0.4, 0.5) is 0 Å². The summed E-state index contributed by atoms with van der Waals surface area (Å²) in [5.41, 5.74) is 32.0. The van der Waals surface area contributed by atoms with E-state index in [4.69, 9.17) is 32.1 Å². The summed E-state index contributed by atoms with van der Waals surface area (Å²) in [5.74, 6) is -0.0550. The minimum atomic E-state index is -0.254. The molecule has 0 unspecified atom stereocenters. The van der Waals surface area contributed by atoms with Crippen LogP contribution in [0.3, 0.4) is 0 Å². The van der Waals surface area contributed by atoms with Crippen LogP contribution in [-0.2, 0) is 39.0 Å². The average Bonchev–Trinajstić information content (AvgIpc) is 3.27. The predicted octanol–water partition coefficient (Wildman–Crippen LogP) is 10.8. The van der Waals surface area contributed by atoms with Crippen molar-refractivity contribution in [2.45, 2.75) is 12.1 Å². The molecule has 6 aromatic carbocycles. The summed E-state index contributed by atoms with van der Waals surface area (Å²) in [6.07, 6.45) is 6.91. The minimum absolute atomic E-state index is 0. The van der Waals surface area contributed by atoms with Gasteiger partial charge in [-0.3, -0.25) is 29.8 Å². The number of hydrogen-bond donors (Lipinski definition) is 0. The Morgan fingerprint density at radius 1 is 0.433 bits per heavy atom. The first-order valence-corrected chi connectivity index (χ1v) is 17.8. The number of aliphatic imine (C=N–C) groups is 2. The van der Waals surface area contributed by atoms with Crippen LogP contribution in [0.2, 0.25) is 0 Å². The second-order valence-corrected chi connectivity index (χ2v) is 12.3. The smallest absolute Gasteiger partial charge is 0.872 e. The molecule has 0 fully saturated rings. The molecule has 0 bridgehead atoms. The molecule has 0 aliphatic rings. The third-order valence-electron chi connectivity index (χ3n) is 8.73. The summed E-state index contributed by atoms with van der Waals surface area (Å²) in [5, 5.41) is 28.7. The molecule has 0 aliphatic carbocycles. The van der Waals surface area contributed by atoms with Gasteiger partial charge in [0, 0.05) is 24.8 Å². The first kappa shape index (κ1) is 47.3. The standard InChI is InChI=1S/2C23H18N2O.2N3.2Zn/c2*26-22-14-13-17-8-4-5-11-19(17)20(22)16-25-23(18-9-2-1-3-10-18)21-12-6-7-15-24-21;2*1-3-2;;/h2*1-16,23,26H;;;;/q;;2*-1;2*+2/p-2/t2*23-;;;;/m10..../s1. The Labute approximate surface area is 372 Å². The van der Waals surface area contributed by atoms with Gasteiger partial charge in [-0.2, -0.15) is 0 Å². The predicted molar refractivity (Wildman–Crippen MR) is 227 cm³/mol. The molecule has 0 spiro atoms. The fourth-order valence-corrected chi connectivity index (χ4v) is 6.13. The second-order valence-electron chi connectivity index (χ2n) is 12.3. The number of benzene rings is 6. The van der Waals surface area contributed by atoms with Crippen molar-refractivity contribution < 1.29 is 49.2 Å². The molecule has 0 aliphatic heterocycles. The van der Waals surface area contributed by atoms with Crippen LogP contribution in [0.1, 0.15) is 45.7 Å². The molecule has 60 heavy (non-hydrogen) atoms. The van der Waals surface area contributed by atoms with Gasteiger partial charge in [-0.15, -0.1) is 0 Å². The minimum Gasteiger partial charge on any atom is -0.872 e. The fraction of sp³-hybridized carbons (Fsp3) is 0.0435. The largest absolute Gasteiger partial charge is 2.00 e. The Bertz CT molecular complexity index is 2400. The zero-order valence-corrected chi connectivity index (χ0v) is 38.3. The number of fused-ring (bicyclic) bond motifs is 2. The molecular formula is C46H34N10O2Zn2. The van der Waals surface area contributed by atoms with Gasteiger partial charge in [-0.1, -0.05) is 157 Å². The van der Waals surface area contributed by atoms with E-state index in [1.807, 2.05) is 158 Å². The van der Waals surface area contributed by atoms with Crippen molar-refractivity contribution in [2.75, 3.05) is 0 Å². The van der Waals surface area contributed by atoms with Crippen LogP contribution >= 0.6 is 0 Å². The Kier molecular flexibility index (Phi) is 20.0. The summed E-state index contributed by atoms with van der Waals surface area (Å²) < 4.78 is 0. The maximum atomic E-state index is 12.4. The number of rotatable bonds is 8. The van der Waals surface area contributed by atoms with E-state index in [9.17, 15) is 10.2 Å². The second kappa shape index (κ2) is 25.3. The van der Waals surface area contributed by atoms with Gasteiger partial charge in [0.25, 0.3) is 0 Å². The zero-order chi connectivity index (χ0) is 41.0. The third-order valence-corrected chi connectivity index (χ3v) is 8.73. The quantitative estimate of drug-likeness (QED) is 0.0478. The molecule has 8 rings (SSSR count). The van der Waals surface area contributed by atoms with Gasteiger partial charge in [0.05, 0.1) is 11.4 Å². The monoisotopic (exact) mass is 886 g/mol. The molecule has 2 aromatic heterocycles. The summed E-state index contributed by atoms with van der Waals surface area (Å²) in [7, 11) is 0. The Morgan fingerprint density at radius 3 is 1.12 bits per heavy atom. The SMILES string of the molecule is [N-]=[N+]=[N-].[N-]=[N+]=[N-].[O-]c1ccc2ccccc2c1C=N[C@@H](c1ccccc1)c1ccccn1.[O-]c1ccc2ccccc2c1C=N[C@H](c1ccccc1)c1ccccn1.[Zn+2].[Zn+2]. The van der Waals surface area contributed by atoms with Gasteiger partial charge >= 0.3 is 39.0 Å². The molecule has 0 N–H and O–H groups in total. The Balaban J connectivity index is 0.000000275. The van der Waals surface area contributed by atoms with Crippen LogP contribution in [0.15, 0.2) is 192 Å². The molecule has 2 heterocycles. The molecule has 284 valence electrons. The Morgan fingerprint density at radius 2 is 0.767 bits per heavy atom. The van der Waals surface area contributed by atoms with Gasteiger partial charge in [0.2, 0.25) is 0 Å². The molecule has 0 radical (unpaired) electrons. The van der Waals surface area contributed by atoms with E-state index in [0.29, 0.717) is 11.1 Å². The average molecular weight is 890 g/mol. The molecule has 0 saturated carbocycles. The number of aromatic nitrogens is 2. The summed E-state index contributed by atoms with van der Waals surface area (Å²) in [4.78, 5) is 21.4. The van der Waals surface area contributed by atoms with Crippen molar-refractivity contribution in [1.82, 2.24) is 9.97 Å². The van der Waals surface area contributed by atoms with Crippen LogP contribution in [-0.4, -0.2) is 22.4 Å². The molecule has 12 nitrogen and oxygen atoms in total. The number of pyridine rings is 2. The van der Waals surface area contributed by atoms with Crippen LogP contribution in [0, 0.1) is 0 Å². The van der Waals surface area contributed by atoms with Gasteiger partial charge in [0.1, 0.15) is 12.1 Å². The normalized spacial score (nSPS) is 11.1. The molecule has 14 heteroatoms. The molecule has 0 amide bonds. The van der Waals surface area contributed by atoms with Gasteiger partial charge < -0.3 is 32.3 Å². The first-order chi connectivity index (χ1) is 28.5. The van der Waals surface area contributed by atoms with Gasteiger partial charge in [-0.25, -0.2) is 0 Å². The van der Waals surface area contributed by atoms with Crippen LogP contribution in [0.25, 0.3) is 53.5 Å². The number of nitrogens with zero attached hydrogens (tertiary/aromatic N) is 10. The summed E-state index contributed by atoms with van der Waals surface area (Å²) in [6, 6.07) is 53.7. The topological polar surface area (TPSA) is 214 Å². The third kappa shape index (κ3) is 13.0. The fourth-order valence-electron chi connectivity index (χ4n) is 6.13. The van der Waals surface area contributed by atoms with Crippen molar-refractivity contribution in [2.24, 2.45) is 9.98 Å². The first-order valence-electron chi connectivity index (χ1n) is 17.8. The maximum Gasteiger partial charge on any atom is 2.00 e. The van der Waals surface area contributed by atoms with Crippen molar-refractivity contribution in [3.05, 3.63) is 248 Å². The van der Waals surface area contributed by atoms with E-state index < -0.39 is 0 Å². The van der Waals surface area contributed by atoms with Crippen molar-refractivity contribution in [3.8, 4) is 11.5 Å². The van der Waals surface area contributed by atoms with Gasteiger partial charge in [-0.05, 0) is 68.1 Å². The van der Waals surface area contributed by atoms with Crippen molar-refractivity contribution >= 4 is 34.0 Å². The van der Waals surface area contributed by atoms with Crippen LogP contribution in [0.5, 0.6) is 11.5 Å². The van der Waals surface area contributed by atoms with E-state index in [0.717, 1.165) is 44.1 Å². The van der Waals surface area contributed by atoms with Crippen LogP contribution < -0.4 is 10.2 Å². The summed E-state index contributed by atoms with van der Waals surface area (Å²) in [6.45, 7) is 0. The van der Waals surface area contributed by atoms with E-state index >= 15 is 0 Å². The Hall–Kier alpha value is -7.05. The van der Waals surface area contributed by atoms with E-state index in [-0.39, 0.29) is 62.5 Å². The molecule has 0 saturated heterocycles. The molecule has 8 aromatic rings. The van der Waals surface area contributed by atoms with E-state index in [1.165, 1.54) is 9.82 Å². The van der Waals surface area contributed by atoms with E-state index in [1.54, 1.807) is 37.0 Å². The molecule has 2 atom stereocenters. The van der Waals surface area contributed by atoms with Crippen molar-refractivity contribution in [3.63, 3.8) is 0 Å². The summed E-state index contributed by atoms with van der Waals surface area (Å²) >= 11 is 0. The zero-order valence-electron chi connectivity index (χ0n) is 32.3.